The van der Waals surface area contributed by atoms with Gasteiger partial charge in [0, 0.05) is 25.7 Å². The van der Waals surface area contributed by atoms with Crippen LogP contribution in [0.25, 0.3) is 0 Å². The Balaban J connectivity index is 2.03. The van der Waals surface area contributed by atoms with E-state index in [0.29, 0.717) is 15.9 Å². The van der Waals surface area contributed by atoms with E-state index >= 15 is 0 Å². The van der Waals surface area contributed by atoms with Crippen molar-refractivity contribution in [1.29, 1.82) is 0 Å². The van der Waals surface area contributed by atoms with Crippen LogP contribution in [0.15, 0.2) is 22.8 Å². The second-order valence-electron chi connectivity index (χ2n) is 4.27. The monoisotopic (exact) mass is 306 g/mol. The predicted molar refractivity (Wildman–Crippen MR) is 69.1 cm³/mol. The van der Waals surface area contributed by atoms with Crippen LogP contribution in [0.1, 0.15) is 27.2 Å². The lowest BCUT2D eigenvalue weighted by Gasteiger charge is -2.04. The van der Waals surface area contributed by atoms with Crippen molar-refractivity contribution in [2.45, 2.75) is 13.1 Å². The van der Waals surface area contributed by atoms with Crippen LogP contribution in [0.5, 0.6) is 0 Å². The minimum atomic E-state index is -0.0657. The Morgan fingerprint density at radius 2 is 2.17 bits per heavy atom. The Morgan fingerprint density at radius 3 is 2.89 bits per heavy atom. The van der Waals surface area contributed by atoms with E-state index in [4.69, 9.17) is 0 Å². The second kappa shape index (κ2) is 4.29. The highest BCUT2D eigenvalue weighted by atomic mass is 79.9. The highest BCUT2D eigenvalue weighted by molar-refractivity contribution is 9.10. The summed E-state index contributed by atoms with van der Waals surface area (Å²) in [5.74, 6) is -0.0657. The summed E-state index contributed by atoms with van der Waals surface area (Å²) in [7, 11) is 1.71. The molecule has 1 aromatic carbocycles. The number of carbonyl (C=O) groups excluding carboxylic acids is 1. The van der Waals surface area contributed by atoms with E-state index in [1.54, 1.807) is 7.05 Å². The first-order chi connectivity index (χ1) is 8.66. The van der Waals surface area contributed by atoms with E-state index in [1.807, 2.05) is 18.2 Å². The molecule has 18 heavy (non-hydrogen) atoms. The van der Waals surface area contributed by atoms with Crippen LogP contribution in [0.3, 0.4) is 0 Å². The van der Waals surface area contributed by atoms with Crippen molar-refractivity contribution in [3.8, 4) is 0 Å². The number of nitrogens with one attached hydrogen (secondary N) is 1. The zero-order valence-electron chi connectivity index (χ0n) is 9.77. The number of aryl methyl sites for hydroxylation is 1. The summed E-state index contributed by atoms with van der Waals surface area (Å²) in [5.41, 5.74) is 3.59. The largest absolute Gasteiger partial charge is 0.309 e. The molecule has 0 saturated heterocycles. The molecule has 0 unspecified atom stereocenters. The SMILES string of the molecule is Cn1nnc(Br)c1C(=O)c1ccc2c(c1)CNC2. The van der Waals surface area contributed by atoms with Crippen molar-refractivity contribution >= 4 is 21.7 Å². The van der Waals surface area contributed by atoms with Crippen molar-refractivity contribution in [2.75, 3.05) is 0 Å². The van der Waals surface area contributed by atoms with Gasteiger partial charge in [-0.2, -0.15) is 0 Å². The predicted octanol–water partition coefficient (Wildman–Crippen LogP) is 1.41. The lowest BCUT2D eigenvalue weighted by molar-refractivity contribution is 0.102. The Morgan fingerprint density at radius 1 is 1.39 bits per heavy atom. The third-order valence-electron chi connectivity index (χ3n) is 3.10. The highest BCUT2D eigenvalue weighted by Gasteiger charge is 2.20. The molecule has 0 fully saturated rings. The fraction of sp³-hybridized carbons (Fsp3) is 0.250. The topological polar surface area (TPSA) is 59.8 Å². The molecule has 0 amide bonds. The zero-order valence-corrected chi connectivity index (χ0v) is 11.4. The third-order valence-corrected chi connectivity index (χ3v) is 3.63. The molecule has 2 aromatic rings. The summed E-state index contributed by atoms with van der Waals surface area (Å²) in [5, 5.41) is 10.9. The fourth-order valence-electron chi connectivity index (χ4n) is 2.15. The van der Waals surface area contributed by atoms with E-state index in [2.05, 4.69) is 31.6 Å². The number of rotatable bonds is 2. The Kier molecular flexibility index (Phi) is 2.76. The third kappa shape index (κ3) is 1.77. The zero-order chi connectivity index (χ0) is 12.7. The van der Waals surface area contributed by atoms with Gasteiger partial charge in [0.1, 0.15) is 5.69 Å². The quantitative estimate of drug-likeness (QED) is 0.852. The minimum Gasteiger partial charge on any atom is -0.309 e. The van der Waals surface area contributed by atoms with E-state index in [1.165, 1.54) is 15.8 Å². The average molecular weight is 307 g/mol. The number of carbonyl (C=O) groups is 1. The summed E-state index contributed by atoms with van der Waals surface area (Å²) < 4.78 is 1.96. The molecule has 0 radical (unpaired) electrons. The maximum Gasteiger partial charge on any atom is 0.213 e. The van der Waals surface area contributed by atoms with Crippen molar-refractivity contribution in [2.24, 2.45) is 7.05 Å². The minimum absolute atomic E-state index is 0.0657. The molecule has 2 heterocycles. The van der Waals surface area contributed by atoms with Crippen LogP contribution >= 0.6 is 15.9 Å². The maximum atomic E-state index is 12.4. The molecule has 1 aliphatic rings. The number of fused-ring (bicyclic) bond motifs is 1. The number of ketones is 1. The summed E-state index contributed by atoms with van der Waals surface area (Å²) in [4.78, 5) is 12.4. The molecule has 5 nitrogen and oxygen atoms in total. The summed E-state index contributed by atoms with van der Waals surface area (Å²) >= 11 is 3.25. The smallest absolute Gasteiger partial charge is 0.213 e. The molecule has 0 aliphatic carbocycles. The Hall–Kier alpha value is -1.53. The van der Waals surface area contributed by atoms with Gasteiger partial charge >= 0.3 is 0 Å². The molecular formula is C12H11BrN4O. The first kappa shape index (κ1) is 11.6. The van der Waals surface area contributed by atoms with Gasteiger partial charge in [0.15, 0.2) is 4.60 Å². The number of halogens is 1. The number of nitrogens with zero attached hydrogens (tertiary/aromatic N) is 3. The van der Waals surface area contributed by atoms with Crippen molar-refractivity contribution < 1.29 is 4.79 Å². The van der Waals surface area contributed by atoms with E-state index in [0.717, 1.165) is 13.1 Å². The molecule has 1 aliphatic heterocycles. The van der Waals surface area contributed by atoms with Gasteiger partial charge in [0.05, 0.1) is 0 Å². The van der Waals surface area contributed by atoms with Gasteiger partial charge in [0.2, 0.25) is 5.78 Å². The summed E-state index contributed by atoms with van der Waals surface area (Å²) in [6.07, 6.45) is 0. The van der Waals surface area contributed by atoms with E-state index < -0.39 is 0 Å². The first-order valence-electron chi connectivity index (χ1n) is 5.59. The molecule has 0 bridgehead atoms. The maximum absolute atomic E-state index is 12.4. The van der Waals surface area contributed by atoms with Crippen LogP contribution < -0.4 is 5.32 Å². The van der Waals surface area contributed by atoms with E-state index in [9.17, 15) is 4.79 Å². The standard InChI is InChI=1S/C12H11BrN4O/c1-17-10(12(13)15-16-17)11(18)7-2-3-8-5-14-6-9(8)4-7/h2-4,14H,5-6H2,1H3. The molecule has 92 valence electrons. The highest BCUT2D eigenvalue weighted by Crippen LogP contribution is 2.21. The van der Waals surface area contributed by atoms with Gasteiger partial charge in [-0.25, -0.2) is 4.68 Å². The molecule has 0 saturated carbocycles. The van der Waals surface area contributed by atoms with Gasteiger partial charge in [-0.1, -0.05) is 17.3 Å². The van der Waals surface area contributed by atoms with Gasteiger partial charge < -0.3 is 5.32 Å². The molecule has 3 rings (SSSR count). The van der Waals surface area contributed by atoms with Crippen LogP contribution in [0, 0.1) is 0 Å². The molecule has 0 atom stereocenters. The lowest BCUT2D eigenvalue weighted by atomic mass is 10.0. The van der Waals surface area contributed by atoms with Crippen molar-refractivity contribution in [3.05, 3.63) is 45.2 Å². The number of aromatic nitrogens is 3. The van der Waals surface area contributed by atoms with Gasteiger partial charge in [-0.3, -0.25) is 4.79 Å². The Labute approximate surface area is 112 Å². The second-order valence-corrected chi connectivity index (χ2v) is 5.02. The van der Waals surface area contributed by atoms with Crippen LogP contribution in [0.4, 0.5) is 0 Å². The number of hydrogen-bond donors (Lipinski definition) is 1. The summed E-state index contributed by atoms with van der Waals surface area (Å²) in [6.45, 7) is 1.70. The summed E-state index contributed by atoms with van der Waals surface area (Å²) in [6, 6.07) is 5.80. The van der Waals surface area contributed by atoms with Gasteiger partial charge in [-0.05, 0) is 33.1 Å². The fourth-order valence-corrected chi connectivity index (χ4v) is 2.65. The van der Waals surface area contributed by atoms with Gasteiger partial charge in [-0.15, -0.1) is 5.10 Å². The van der Waals surface area contributed by atoms with Crippen LogP contribution in [-0.2, 0) is 20.1 Å². The normalized spacial score (nSPS) is 13.7. The lowest BCUT2D eigenvalue weighted by Crippen LogP contribution is -2.09. The van der Waals surface area contributed by atoms with E-state index in [-0.39, 0.29) is 5.78 Å². The molecule has 1 aromatic heterocycles. The average Bonchev–Trinajstić information content (AvgIpc) is 2.94. The first-order valence-corrected chi connectivity index (χ1v) is 6.38. The number of hydrogen-bond acceptors (Lipinski definition) is 4. The Bertz CT molecular complexity index is 616. The molecular weight excluding hydrogens is 296 g/mol. The molecule has 6 heteroatoms. The van der Waals surface area contributed by atoms with Crippen LogP contribution in [0.2, 0.25) is 0 Å². The molecule has 1 N–H and O–H groups in total. The van der Waals surface area contributed by atoms with Crippen LogP contribution in [-0.4, -0.2) is 20.8 Å². The van der Waals surface area contributed by atoms with Crippen molar-refractivity contribution in [3.63, 3.8) is 0 Å². The van der Waals surface area contributed by atoms with Crippen molar-refractivity contribution in [1.82, 2.24) is 20.3 Å². The molecule has 0 spiro atoms. The van der Waals surface area contributed by atoms with Gasteiger partial charge in [0.25, 0.3) is 0 Å². The number of benzene rings is 1.